The van der Waals surface area contributed by atoms with Crippen molar-refractivity contribution in [2.24, 2.45) is 0 Å². The number of fused-ring (bicyclic) bond motifs is 19. The number of thiophene rings is 1. The van der Waals surface area contributed by atoms with Gasteiger partial charge in [0, 0.05) is 58.4 Å². The maximum atomic E-state index is 6.81. The van der Waals surface area contributed by atoms with Crippen molar-refractivity contribution in [3.63, 3.8) is 0 Å². The second-order valence-corrected chi connectivity index (χ2v) is 19.7. The zero-order valence-corrected chi connectivity index (χ0v) is 38.2. The van der Waals surface area contributed by atoms with Gasteiger partial charge in [-0.15, -0.1) is 11.3 Å². The fourth-order valence-electron chi connectivity index (χ4n) is 12.2. The second kappa shape index (κ2) is 14.0. The van der Waals surface area contributed by atoms with Crippen LogP contribution < -0.4 is 0 Å². The van der Waals surface area contributed by atoms with Gasteiger partial charge in [0.15, 0.2) is 11.6 Å². The number of para-hydroxylation sites is 2. The Balaban J connectivity index is 0.975. The summed E-state index contributed by atoms with van der Waals surface area (Å²) in [4.78, 5) is 16.5. The number of nitrogens with zero attached hydrogens (tertiary/aromatic N) is 4. The highest BCUT2D eigenvalue weighted by Gasteiger charge is 2.51. The van der Waals surface area contributed by atoms with Gasteiger partial charge in [-0.2, -0.15) is 9.97 Å². The Morgan fingerprint density at radius 2 is 0.986 bits per heavy atom. The van der Waals surface area contributed by atoms with Crippen molar-refractivity contribution in [1.29, 1.82) is 0 Å². The Morgan fingerprint density at radius 3 is 1.79 bits per heavy atom. The Bertz CT molecular complexity index is 4510. The molecule has 0 radical (unpaired) electrons. The zero-order valence-electron chi connectivity index (χ0n) is 37.4. The van der Waals surface area contributed by atoms with Crippen LogP contribution in [0, 0.1) is 0 Å². The topological polar surface area (TPSA) is 56.7 Å². The summed E-state index contributed by atoms with van der Waals surface area (Å²) in [5.41, 5.74) is 17.5. The monoisotopic (exact) mass is 908 g/mol. The summed E-state index contributed by atoms with van der Waals surface area (Å²) in [5.74, 6) is 1.73. The van der Waals surface area contributed by atoms with Crippen molar-refractivity contribution in [1.82, 2.24) is 19.5 Å². The van der Waals surface area contributed by atoms with Crippen LogP contribution in [0.2, 0.25) is 0 Å². The van der Waals surface area contributed by atoms with E-state index in [0.29, 0.717) is 17.6 Å². The van der Waals surface area contributed by atoms with E-state index >= 15 is 0 Å². The third-order valence-corrected chi connectivity index (χ3v) is 16.2. The maximum absolute atomic E-state index is 6.81. The summed E-state index contributed by atoms with van der Waals surface area (Å²) < 4.78 is 11.5. The fourth-order valence-corrected chi connectivity index (χ4v) is 13.4. The predicted octanol–water partition coefficient (Wildman–Crippen LogP) is 16.6. The van der Waals surface area contributed by atoms with Gasteiger partial charge in [0.25, 0.3) is 0 Å². The molecule has 0 saturated carbocycles. The van der Waals surface area contributed by atoms with Crippen molar-refractivity contribution >= 4 is 75.3 Å². The summed E-state index contributed by atoms with van der Waals surface area (Å²) in [6, 6.07) is 78.9. The Kier molecular flexibility index (Phi) is 7.63. The average molecular weight is 909 g/mol. The van der Waals surface area contributed by atoms with Crippen molar-refractivity contribution < 1.29 is 4.42 Å². The smallest absolute Gasteiger partial charge is 0.238 e. The van der Waals surface area contributed by atoms with Crippen LogP contribution in [0.4, 0.5) is 0 Å². The molecular formula is C64H36N4OS. The predicted molar refractivity (Wildman–Crippen MR) is 287 cm³/mol. The molecule has 1 spiro atoms. The molecule has 0 unspecified atom stereocenters. The van der Waals surface area contributed by atoms with Crippen LogP contribution in [-0.4, -0.2) is 19.5 Å². The molecule has 0 aliphatic heterocycles. The maximum Gasteiger partial charge on any atom is 0.238 e. The molecule has 70 heavy (non-hydrogen) atoms. The average Bonchev–Trinajstić information content (AvgIpc) is 4.22. The molecule has 4 heterocycles. The molecule has 0 amide bonds. The lowest BCUT2D eigenvalue weighted by atomic mass is 9.70. The summed E-state index contributed by atoms with van der Waals surface area (Å²) >= 11 is 1.80. The molecule has 10 aromatic carbocycles. The molecule has 0 saturated heterocycles. The van der Waals surface area contributed by atoms with Gasteiger partial charge in [0.1, 0.15) is 11.2 Å². The van der Waals surface area contributed by atoms with Crippen LogP contribution in [-0.2, 0) is 5.41 Å². The van der Waals surface area contributed by atoms with Crippen molar-refractivity contribution in [3.05, 3.63) is 241 Å². The van der Waals surface area contributed by atoms with E-state index in [1.54, 1.807) is 11.3 Å². The minimum absolute atomic E-state index is 0.469. The standard InChI is InChI=1S/C64H36N4OS/c1-2-16-37(17-3-1)39-23-14-24-45-44-33-32-38(34-56(44)69-60(39)45)61-65-62(47-25-15-31-58-59(47)46-22-8-13-30-57(46)70-58)67-63(66-61)68-54-29-12-7-21-43(54)49-35-53-48(36-55(49)68)42-20-6-11-28-52(42)64(53)50-26-9-4-18-40(50)41-19-5-10-27-51(41)64/h1-36H. The zero-order chi connectivity index (χ0) is 45.7. The Morgan fingerprint density at radius 1 is 0.371 bits per heavy atom. The van der Waals surface area contributed by atoms with Gasteiger partial charge in [-0.05, 0) is 92.5 Å². The van der Waals surface area contributed by atoms with E-state index < -0.39 is 5.41 Å². The van der Waals surface area contributed by atoms with E-state index in [4.69, 9.17) is 19.4 Å². The summed E-state index contributed by atoms with van der Waals surface area (Å²) in [6.07, 6.45) is 0. The van der Waals surface area contributed by atoms with Crippen LogP contribution in [0.5, 0.6) is 0 Å². The first kappa shape index (κ1) is 38.0. The van der Waals surface area contributed by atoms with Gasteiger partial charge < -0.3 is 4.42 Å². The van der Waals surface area contributed by atoms with E-state index in [0.717, 1.165) is 71.4 Å². The quantitative estimate of drug-likeness (QED) is 0.177. The first-order chi connectivity index (χ1) is 34.7. The lowest BCUT2D eigenvalue weighted by molar-refractivity contribution is 0.670. The van der Waals surface area contributed by atoms with Gasteiger partial charge in [-0.1, -0.05) is 176 Å². The van der Waals surface area contributed by atoms with E-state index in [1.165, 1.54) is 59.3 Å². The molecule has 2 aliphatic carbocycles. The second-order valence-electron chi connectivity index (χ2n) is 18.6. The first-order valence-corrected chi connectivity index (χ1v) is 24.6. The van der Waals surface area contributed by atoms with Crippen LogP contribution in [0.3, 0.4) is 0 Å². The van der Waals surface area contributed by atoms with Crippen LogP contribution >= 0.6 is 11.3 Å². The van der Waals surface area contributed by atoms with Gasteiger partial charge >= 0.3 is 0 Å². The number of hydrogen-bond donors (Lipinski definition) is 0. The van der Waals surface area contributed by atoms with Crippen LogP contribution in [0.1, 0.15) is 22.3 Å². The van der Waals surface area contributed by atoms with E-state index in [9.17, 15) is 0 Å². The van der Waals surface area contributed by atoms with Crippen LogP contribution in [0.15, 0.2) is 223 Å². The normalized spacial score (nSPS) is 13.3. The van der Waals surface area contributed by atoms with Crippen molar-refractivity contribution in [3.8, 4) is 62.1 Å². The first-order valence-electron chi connectivity index (χ1n) is 23.8. The summed E-state index contributed by atoms with van der Waals surface area (Å²) in [5, 5.41) is 6.74. The third kappa shape index (κ3) is 5.02. The van der Waals surface area contributed by atoms with Gasteiger partial charge in [0.05, 0.1) is 16.4 Å². The Labute approximate surface area is 405 Å². The third-order valence-electron chi connectivity index (χ3n) is 15.1. The summed E-state index contributed by atoms with van der Waals surface area (Å²) in [7, 11) is 0. The molecule has 0 fully saturated rings. The van der Waals surface area contributed by atoms with E-state index in [-0.39, 0.29) is 0 Å². The minimum atomic E-state index is -0.469. The van der Waals surface area contributed by atoms with Crippen LogP contribution in [0.25, 0.3) is 126 Å². The number of aromatic nitrogens is 4. The molecule has 6 heteroatoms. The molecule has 2 aliphatic rings. The van der Waals surface area contributed by atoms with E-state index in [2.05, 4.69) is 217 Å². The molecule has 0 N–H and O–H groups in total. The highest BCUT2D eigenvalue weighted by atomic mass is 32.1. The largest absolute Gasteiger partial charge is 0.455 e. The van der Waals surface area contributed by atoms with Crippen molar-refractivity contribution in [2.45, 2.75) is 5.41 Å². The molecule has 5 nitrogen and oxygen atoms in total. The SMILES string of the molecule is c1ccc(-c2cccc3c2oc2cc(-c4nc(-c5cccc6sc7ccccc7c56)nc(-n5c6ccccc6c6cc7c(cc65)-c5ccccc5C75c6ccccc6-c6ccccc65)n4)ccc23)cc1. The number of rotatable bonds is 4. The van der Waals surface area contributed by atoms with Gasteiger partial charge in [-0.25, -0.2) is 4.98 Å². The van der Waals surface area contributed by atoms with Gasteiger partial charge in [-0.3, -0.25) is 4.57 Å². The number of furan rings is 1. The fraction of sp³-hybridized carbons (Fsp3) is 0.0156. The molecule has 14 aromatic rings. The van der Waals surface area contributed by atoms with Crippen molar-refractivity contribution in [2.75, 3.05) is 0 Å². The molecule has 0 atom stereocenters. The molecule has 4 aromatic heterocycles. The van der Waals surface area contributed by atoms with E-state index in [1.807, 2.05) is 6.07 Å². The highest BCUT2D eigenvalue weighted by Crippen LogP contribution is 2.63. The lowest BCUT2D eigenvalue weighted by Gasteiger charge is -2.30. The molecule has 0 bridgehead atoms. The molecular weight excluding hydrogens is 873 g/mol. The molecule has 16 rings (SSSR count). The molecule has 324 valence electrons. The number of hydrogen-bond acceptors (Lipinski definition) is 5. The minimum Gasteiger partial charge on any atom is -0.455 e. The highest BCUT2D eigenvalue weighted by molar-refractivity contribution is 7.25. The number of benzene rings is 10. The lowest BCUT2D eigenvalue weighted by Crippen LogP contribution is -2.25. The Hall–Kier alpha value is -8.97. The summed E-state index contributed by atoms with van der Waals surface area (Å²) in [6.45, 7) is 0. The van der Waals surface area contributed by atoms with Gasteiger partial charge in [0.2, 0.25) is 5.95 Å².